The van der Waals surface area contributed by atoms with Crippen LogP contribution in [0.5, 0.6) is 11.5 Å². The summed E-state index contributed by atoms with van der Waals surface area (Å²) in [6.45, 7) is 1.83. The van der Waals surface area contributed by atoms with Gasteiger partial charge in [-0.1, -0.05) is 54.1 Å². The van der Waals surface area contributed by atoms with Crippen molar-refractivity contribution in [1.29, 1.82) is 0 Å². The summed E-state index contributed by atoms with van der Waals surface area (Å²) in [5.74, 6) is 0.129. The third-order valence-electron chi connectivity index (χ3n) is 4.73. The topological polar surface area (TPSA) is 84.9 Å². The largest absolute Gasteiger partial charge is 0.495 e. The van der Waals surface area contributed by atoms with Crippen molar-refractivity contribution >= 4 is 33.2 Å². The molecule has 0 saturated carbocycles. The van der Waals surface area contributed by atoms with E-state index < -0.39 is 22.5 Å². The minimum atomic E-state index is -4.14. The van der Waals surface area contributed by atoms with Crippen LogP contribution in [0.1, 0.15) is 12.5 Å². The van der Waals surface area contributed by atoms with Crippen LogP contribution >= 0.6 is 11.6 Å². The van der Waals surface area contributed by atoms with Crippen LogP contribution in [-0.4, -0.2) is 38.9 Å². The number of halogens is 1. The highest BCUT2D eigenvalue weighted by Gasteiger charge is 2.30. The lowest BCUT2D eigenvalue weighted by Gasteiger charge is -2.23. The summed E-state index contributed by atoms with van der Waals surface area (Å²) in [5.41, 5.74) is 1.19. The number of sulfonamides is 1. The number of nitrogens with zero attached hydrogens (tertiary/aromatic N) is 1. The summed E-state index contributed by atoms with van der Waals surface area (Å²) in [7, 11) is -2.76. The lowest BCUT2D eigenvalue weighted by Crippen LogP contribution is -2.37. The highest BCUT2D eigenvalue weighted by atomic mass is 35.5. The second kappa shape index (κ2) is 11.2. The van der Waals surface area contributed by atoms with Crippen molar-refractivity contribution in [3.63, 3.8) is 0 Å². The van der Waals surface area contributed by atoms with Gasteiger partial charge in [-0.25, -0.2) is 8.42 Å². The molecule has 0 fully saturated rings. The molecule has 3 aromatic carbocycles. The Morgan fingerprint density at radius 3 is 2.39 bits per heavy atom. The molecule has 3 aromatic rings. The minimum absolute atomic E-state index is 0.0145. The molecule has 0 aliphatic heterocycles. The molecule has 7 nitrogen and oxygen atoms in total. The van der Waals surface area contributed by atoms with Gasteiger partial charge in [0.05, 0.1) is 25.9 Å². The van der Waals surface area contributed by atoms with Crippen LogP contribution in [0.15, 0.2) is 77.7 Å². The second-order valence-corrected chi connectivity index (χ2v) is 9.37. The third-order valence-corrected chi connectivity index (χ3v) is 6.77. The van der Waals surface area contributed by atoms with Crippen LogP contribution in [0.25, 0.3) is 0 Å². The Kier molecular flexibility index (Phi) is 8.32. The van der Waals surface area contributed by atoms with Gasteiger partial charge in [-0.15, -0.1) is 0 Å². The van der Waals surface area contributed by atoms with E-state index in [2.05, 4.69) is 5.32 Å². The molecule has 0 aromatic heterocycles. The van der Waals surface area contributed by atoms with Crippen molar-refractivity contribution < 1.29 is 22.7 Å². The minimum Gasteiger partial charge on any atom is -0.495 e. The van der Waals surface area contributed by atoms with Gasteiger partial charge in [-0.05, 0) is 42.8 Å². The van der Waals surface area contributed by atoms with Gasteiger partial charge in [0.15, 0.2) is 0 Å². The summed E-state index contributed by atoms with van der Waals surface area (Å²) in [4.78, 5) is 12.8. The molecule has 0 bridgehead atoms. The van der Waals surface area contributed by atoms with Gasteiger partial charge in [-0.2, -0.15) is 4.31 Å². The standard InChI is InChI=1S/C24H25ClN2O5S/c1-3-32-21-12-8-7-11-20(21)26-24(28)17-27(16-18-9-5-4-6-10-18)33(29,30)23-15-19(25)13-14-22(23)31-2/h4-15H,3,16-17H2,1-2H3,(H,26,28). The lowest BCUT2D eigenvalue weighted by molar-refractivity contribution is -0.116. The van der Waals surface area contributed by atoms with Gasteiger partial charge < -0.3 is 14.8 Å². The number of carbonyl (C=O) groups is 1. The van der Waals surface area contributed by atoms with E-state index >= 15 is 0 Å². The molecule has 9 heteroatoms. The van der Waals surface area contributed by atoms with Gasteiger partial charge in [0.1, 0.15) is 16.4 Å². The predicted molar refractivity (Wildman–Crippen MR) is 128 cm³/mol. The highest BCUT2D eigenvalue weighted by Crippen LogP contribution is 2.31. The molecular weight excluding hydrogens is 464 g/mol. The maximum Gasteiger partial charge on any atom is 0.247 e. The molecule has 1 amide bonds. The van der Waals surface area contributed by atoms with Crippen molar-refractivity contribution in [1.82, 2.24) is 4.31 Å². The van der Waals surface area contributed by atoms with E-state index in [4.69, 9.17) is 21.1 Å². The van der Waals surface area contributed by atoms with Crippen molar-refractivity contribution in [2.24, 2.45) is 0 Å². The van der Waals surface area contributed by atoms with Crippen LogP contribution in [0.4, 0.5) is 5.69 Å². The van der Waals surface area contributed by atoms with E-state index in [-0.39, 0.29) is 22.2 Å². The van der Waals surface area contributed by atoms with Gasteiger partial charge in [0.25, 0.3) is 0 Å². The number of ether oxygens (including phenoxy) is 2. The quantitative estimate of drug-likeness (QED) is 0.451. The Bertz CT molecular complexity index is 1200. The van der Waals surface area contributed by atoms with E-state index in [1.807, 2.05) is 13.0 Å². The molecule has 0 spiro atoms. The maximum absolute atomic E-state index is 13.6. The fraction of sp³-hybridized carbons (Fsp3) is 0.208. The number of nitrogens with one attached hydrogen (secondary N) is 1. The van der Waals surface area contributed by atoms with Crippen molar-refractivity contribution in [2.75, 3.05) is 25.6 Å². The number of hydrogen-bond acceptors (Lipinski definition) is 5. The molecule has 0 saturated heterocycles. The zero-order valence-electron chi connectivity index (χ0n) is 18.3. The van der Waals surface area contributed by atoms with E-state index in [9.17, 15) is 13.2 Å². The van der Waals surface area contributed by atoms with Crippen LogP contribution in [0.3, 0.4) is 0 Å². The number of methoxy groups -OCH3 is 1. The molecule has 3 rings (SSSR count). The molecule has 0 aliphatic rings. The second-order valence-electron chi connectivity index (χ2n) is 7.03. The zero-order chi connectivity index (χ0) is 23.8. The molecule has 174 valence electrons. The lowest BCUT2D eigenvalue weighted by atomic mass is 10.2. The average Bonchev–Trinajstić information content (AvgIpc) is 2.80. The summed E-state index contributed by atoms with van der Waals surface area (Å²) in [6.07, 6.45) is 0. The Morgan fingerprint density at radius 2 is 1.70 bits per heavy atom. The number of benzene rings is 3. The van der Waals surface area contributed by atoms with Crippen LogP contribution in [-0.2, 0) is 21.4 Å². The molecule has 0 unspecified atom stereocenters. The number of rotatable bonds is 10. The number of amides is 1. The first-order valence-corrected chi connectivity index (χ1v) is 12.1. The molecule has 1 N–H and O–H groups in total. The van der Waals surface area contributed by atoms with Crippen molar-refractivity contribution in [2.45, 2.75) is 18.4 Å². The van der Waals surface area contributed by atoms with Crippen LogP contribution in [0.2, 0.25) is 5.02 Å². The summed E-state index contributed by atoms with van der Waals surface area (Å²) in [6, 6.07) is 20.3. The van der Waals surface area contributed by atoms with Crippen molar-refractivity contribution in [3.05, 3.63) is 83.4 Å². The fourth-order valence-electron chi connectivity index (χ4n) is 3.21. The van der Waals surface area contributed by atoms with Gasteiger partial charge in [0.2, 0.25) is 15.9 Å². The Hall–Kier alpha value is -3.07. The van der Waals surface area contributed by atoms with E-state index in [1.54, 1.807) is 48.5 Å². The van der Waals surface area contributed by atoms with Gasteiger partial charge in [-0.3, -0.25) is 4.79 Å². The zero-order valence-corrected chi connectivity index (χ0v) is 19.9. The number of para-hydroxylation sites is 2. The number of anilines is 1. The SMILES string of the molecule is CCOc1ccccc1NC(=O)CN(Cc1ccccc1)S(=O)(=O)c1cc(Cl)ccc1OC. The predicted octanol–water partition coefficient (Wildman–Crippen LogP) is 4.58. The van der Waals surface area contributed by atoms with Crippen LogP contribution in [0, 0.1) is 0 Å². The monoisotopic (exact) mass is 488 g/mol. The smallest absolute Gasteiger partial charge is 0.247 e. The molecule has 0 radical (unpaired) electrons. The summed E-state index contributed by atoms with van der Waals surface area (Å²) >= 11 is 6.07. The van der Waals surface area contributed by atoms with E-state index in [0.717, 1.165) is 9.87 Å². The first-order valence-electron chi connectivity index (χ1n) is 10.2. The summed E-state index contributed by atoms with van der Waals surface area (Å²) in [5, 5.41) is 2.99. The van der Waals surface area contributed by atoms with Crippen molar-refractivity contribution in [3.8, 4) is 11.5 Å². The molecule has 33 heavy (non-hydrogen) atoms. The maximum atomic E-state index is 13.6. The molecule has 0 atom stereocenters. The average molecular weight is 489 g/mol. The normalized spacial score (nSPS) is 11.3. The highest BCUT2D eigenvalue weighted by molar-refractivity contribution is 7.89. The first-order chi connectivity index (χ1) is 15.8. The van der Waals surface area contributed by atoms with E-state index in [0.29, 0.717) is 18.0 Å². The molecular formula is C24H25ClN2O5S. The Labute approximate surface area is 198 Å². The van der Waals surface area contributed by atoms with E-state index in [1.165, 1.54) is 25.3 Å². The molecule has 0 aliphatic carbocycles. The number of carbonyl (C=O) groups excluding carboxylic acids is 1. The fourth-order valence-corrected chi connectivity index (χ4v) is 5.01. The Balaban J connectivity index is 1.94. The summed E-state index contributed by atoms with van der Waals surface area (Å²) < 4.78 is 39.1. The third kappa shape index (κ3) is 6.25. The Morgan fingerprint density at radius 1 is 1.00 bits per heavy atom. The van der Waals surface area contributed by atoms with Gasteiger partial charge >= 0.3 is 0 Å². The van der Waals surface area contributed by atoms with Gasteiger partial charge in [0, 0.05) is 11.6 Å². The molecule has 0 heterocycles. The number of hydrogen-bond donors (Lipinski definition) is 1. The van der Waals surface area contributed by atoms with Crippen LogP contribution < -0.4 is 14.8 Å². The first kappa shape index (κ1) is 24.6.